The van der Waals surface area contributed by atoms with E-state index in [1.807, 2.05) is 60.7 Å². The van der Waals surface area contributed by atoms with E-state index in [0.29, 0.717) is 24.1 Å². The molecule has 4 rings (SSSR count). The summed E-state index contributed by atoms with van der Waals surface area (Å²) in [4.78, 5) is 25.2. The van der Waals surface area contributed by atoms with Crippen LogP contribution in [0.3, 0.4) is 0 Å². The van der Waals surface area contributed by atoms with Gasteiger partial charge < -0.3 is 10.6 Å². The standard InChI is InChI=1S/C21H19N5O/c27-18-13-7-12-17(14-18)23-21-25-19(15-8-3-1-4-9-15)24-20(26-21)22-16-10-5-2-6-11-16/h1-6,8-11,14H,7,12-13H2,(H2,22,23,24,25,26). The highest BCUT2D eigenvalue weighted by molar-refractivity contribution is 5.91. The number of carbonyl (C=O) groups excluding carboxylic acids is 1. The molecule has 0 fully saturated rings. The monoisotopic (exact) mass is 357 g/mol. The lowest BCUT2D eigenvalue weighted by Gasteiger charge is -2.15. The van der Waals surface area contributed by atoms with Crippen LogP contribution in [0.15, 0.2) is 72.4 Å². The molecular formula is C21H19N5O. The number of anilines is 3. The highest BCUT2D eigenvalue weighted by Gasteiger charge is 2.13. The van der Waals surface area contributed by atoms with Gasteiger partial charge in [0.05, 0.1) is 0 Å². The summed E-state index contributed by atoms with van der Waals surface area (Å²) in [6.07, 6.45) is 3.88. The van der Waals surface area contributed by atoms with Crippen LogP contribution < -0.4 is 10.6 Å². The first-order chi connectivity index (χ1) is 13.3. The number of hydrogen-bond donors (Lipinski definition) is 2. The molecule has 0 amide bonds. The molecular weight excluding hydrogens is 338 g/mol. The average molecular weight is 357 g/mol. The minimum Gasteiger partial charge on any atom is -0.328 e. The van der Waals surface area contributed by atoms with Gasteiger partial charge in [-0.25, -0.2) is 0 Å². The fourth-order valence-electron chi connectivity index (χ4n) is 2.89. The summed E-state index contributed by atoms with van der Waals surface area (Å²) < 4.78 is 0. The number of aromatic nitrogens is 3. The predicted octanol–water partition coefficient (Wildman–Crippen LogP) is 4.33. The number of rotatable bonds is 5. The molecule has 0 aliphatic heterocycles. The molecule has 6 heteroatoms. The van der Waals surface area contributed by atoms with Gasteiger partial charge >= 0.3 is 0 Å². The minimum absolute atomic E-state index is 0.128. The Balaban J connectivity index is 1.69. The van der Waals surface area contributed by atoms with Gasteiger partial charge in [-0.2, -0.15) is 15.0 Å². The van der Waals surface area contributed by atoms with Crippen molar-refractivity contribution in [1.82, 2.24) is 15.0 Å². The lowest BCUT2D eigenvalue weighted by atomic mass is 10.0. The van der Waals surface area contributed by atoms with Crippen molar-refractivity contribution in [2.75, 3.05) is 10.6 Å². The molecule has 1 aliphatic carbocycles. The normalized spacial score (nSPS) is 13.8. The highest BCUT2D eigenvalue weighted by atomic mass is 16.1. The van der Waals surface area contributed by atoms with Crippen LogP contribution in [0, 0.1) is 0 Å². The Kier molecular flexibility index (Phi) is 4.87. The number of hydrogen-bond acceptors (Lipinski definition) is 6. The molecule has 2 N–H and O–H groups in total. The van der Waals surface area contributed by atoms with E-state index < -0.39 is 0 Å². The zero-order valence-electron chi connectivity index (χ0n) is 14.7. The Hall–Kier alpha value is -3.54. The quantitative estimate of drug-likeness (QED) is 0.707. The van der Waals surface area contributed by atoms with Crippen LogP contribution >= 0.6 is 0 Å². The number of carbonyl (C=O) groups is 1. The van der Waals surface area contributed by atoms with E-state index in [-0.39, 0.29) is 5.78 Å². The van der Waals surface area contributed by atoms with Crippen LogP contribution in [0.25, 0.3) is 11.4 Å². The second-order valence-corrected chi connectivity index (χ2v) is 6.28. The fraction of sp³-hybridized carbons (Fsp3) is 0.143. The van der Waals surface area contributed by atoms with Crippen LogP contribution in [0.2, 0.25) is 0 Å². The van der Waals surface area contributed by atoms with Crippen molar-refractivity contribution in [3.05, 3.63) is 72.4 Å². The summed E-state index contributed by atoms with van der Waals surface area (Å²) in [6, 6.07) is 19.5. The number of nitrogens with one attached hydrogen (secondary N) is 2. The summed E-state index contributed by atoms with van der Waals surface area (Å²) in [5.41, 5.74) is 2.62. The third-order valence-corrected chi connectivity index (χ3v) is 4.17. The SMILES string of the molecule is O=C1C=C(Nc2nc(Nc3ccccc3)nc(-c3ccccc3)n2)CCC1. The molecule has 1 heterocycles. The lowest BCUT2D eigenvalue weighted by Crippen LogP contribution is -2.12. The van der Waals surface area contributed by atoms with Crippen LogP contribution in [0.4, 0.5) is 17.6 Å². The van der Waals surface area contributed by atoms with Crippen molar-refractivity contribution in [3.63, 3.8) is 0 Å². The molecule has 0 unspecified atom stereocenters. The van der Waals surface area contributed by atoms with Crippen molar-refractivity contribution in [2.24, 2.45) is 0 Å². The molecule has 2 aromatic carbocycles. The number of ketones is 1. The first-order valence-electron chi connectivity index (χ1n) is 8.90. The van der Waals surface area contributed by atoms with Gasteiger partial charge in [0.15, 0.2) is 11.6 Å². The molecule has 0 saturated heterocycles. The largest absolute Gasteiger partial charge is 0.328 e. The smallest absolute Gasteiger partial charge is 0.232 e. The van der Waals surface area contributed by atoms with Gasteiger partial charge in [-0.1, -0.05) is 48.5 Å². The molecule has 134 valence electrons. The highest BCUT2D eigenvalue weighted by Crippen LogP contribution is 2.22. The lowest BCUT2D eigenvalue weighted by molar-refractivity contribution is -0.115. The zero-order valence-corrected chi connectivity index (χ0v) is 14.7. The Morgan fingerprint density at radius 2 is 1.41 bits per heavy atom. The number of nitrogens with zero attached hydrogens (tertiary/aromatic N) is 3. The average Bonchev–Trinajstić information content (AvgIpc) is 2.69. The Morgan fingerprint density at radius 1 is 0.741 bits per heavy atom. The molecule has 0 atom stereocenters. The maximum absolute atomic E-state index is 11.7. The summed E-state index contributed by atoms with van der Waals surface area (Å²) in [5.74, 6) is 1.56. The molecule has 1 aromatic heterocycles. The second kappa shape index (κ2) is 7.78. The van der Waals surface area contributed by atoms with Gasteiger partial charge in [-0.05, 0) is 25.0 Å². The van der Waals surface area contributed by atoms with E-state index in [9.17, 15) is 4.79 Å². The van der Waals surface area contributed by atoms with Crippen molar-refractivity contribution < 1.29 is 4.79 Å². The van der Waals surface area contributed by atoms with Gasteiger partial charge in [0.1, 0.15) is 0 Å². The summed E-state index contributed by atoms with van der Waals surface area (Å²) in [5, 5.41) is 6.40. The molecule has 1 aliphatic rings. The van der Waals surface area contributed by atoms with Crippen molar-refractivity contribution in [1.29, 1.82) is 0 Å². The molecule has 3 aromatic rings. The van der Waals surface area contributed by atoms with Gasteiger partial charge in [0.2, 0.25) is 11.9 Å². The first-order valence-corrected chi connectivity index (χ1v) is 8.90. The van der Waals surface area contributed by atoms with Crippen molar-refractivity contribution >= 4 is 23.4 Å². The third kappa shape index (κ3) is 4.36. The molecule has 6 nitrogen and oxygen atoms in total. The molecule has 0 bridgehead atoms. The number of para-hydroxylation sites is 1. The summed E-state index contributed by atoms with van der Waals surface area (Å²) in [7, 11) is 0. The predicted molar refractivity (Wildman–Crippen MR) is 106 cm³/mol. The maximum atomic E-state index is 11.7. The van der Waals surface area contributed by atoms with Crippen molar-refractivity contribution in [3.8, 4) is 11.4 Å². The maximum Gasteiger partial charge on any atom is 0.232 e. The summed E-state index contributed by atoms with van der Waals surface area (Å²) >= 11 is 0. The number of benzene rings is 2. The molecule has 0 saturated carbocycles. The van der Waals surface area contributed by atoms with Crippen LogP contribution in [-0.4, -0.2) is 20.7 Å². The van der Waals surface area contributed by atoms with E-state index in [1.54, 1.807) is 6.08 Å². The van der Waals surface area contributed by atoms with E-state index in [1.165, 1.54) is 0 Å². The zero-order chi connectivity index (χ0) is 18.5. The van der Waals surface area contributed by atoms with Gasteiger partial charge in [-0.15, -0.1) is 0 Å². The first kappa shape index (κ1) is 16.9. The van der Waals surface area contributed by atoms with Gasteiger partial charge in [0, 0.05) is 29.4 Å². The Morgan fingerprint density at radius 3 is 2.11 bits per heavy atom. The molecule has 0 spiro atoms. The van der Waals surface area contributed by atoms with Crippen molar-refractivity contribution in [2.45, 2.75) is 19.3 Å². The second-order valence-electron chi connectivity index (χ2n) is 6.28. The van der Waals surface area contributed by atoms with Crippen LogP contribution in [0.1, 0.15) is 19.3 Å². The fourth-order valence-corrected chi connectivity index (χ4v) is 2.89. The van der Waals surface area contributed by atoms with Gasteiger partial charge in [-0.3, -0.25) is 4.79 Å². The van der Waals surface area contributed by atoms with E-state index >= 15 is 0 Å². The Bertz CT molecular complexity index is 970. The van der Waals surface area contributed by atoms with Crippen LogP contribution in [0.5, 0.6) is 0 Å². The van der Waals surface area contributed by atoms with Gasteiger partial charge in [0.25, 0.3) is 0 Å². The van der Waals surface area contributed by atoms with E-state index in [0.717, 1.165) is 29.8 Å². The third-order valence-electron chi connectivity index (χ3n) is 4.17. The number of allylic oxidation sites excluding steroid dienone is 2. The topological polar surface area (TPSA) is 79.8 Å². The van der Waals surface area contributed by atoms with Crippen LogP contribution in [-0.2, 0) is 4.79 Å². The Labute approximate surface area is 157 Å². The molecule has 27 heavy (non-hydrogen) atoms. The molecule has 0 radical (unpaired) electrons. The minimum atomic E-state index is 0.128. The summed E-state index contributed by atoms with van der Waals surface area (Å²) in [6.45, 7) is 0. The van der Waals surface area contributed by atoms with E-state index in [4.69, 9.17) is 0 Å². The van der Waals surface area contributed by atoms with E-state index in [2.05, 4.69) is 25.6 Å².